The molecule has 0 N–H and O–H groups in total. The van der Waals surface area contributed by atoms with Gasteiger partial charge in [0, 0.05) is 13.0 Å². The van der Waals surface area contributed by atoms with Crippen molar-refractivity contribution in [3.8, 4) is 0 Å². The lowest BCUT2D eigenvalue weighted by atomic mass is 10.2. The lowest BCUT2D eigenvalue weighted by molar-refractivity contribution is -0.144. The van der Waals surface area contributed by atoms with Gasteiger partial charge in [-0.1, -0.05) is 13.8 Å². The first-order valence-electron chi connectivity index (χ1n) is 4.77. The van der Waals surface area contributed by atoms with E-state index in [-0.39, 0.29) is 5.79 Å². The number of hydrogen-bond acceptors (Lipinski definition) is 3. The van der Waals surface area contributed by atoms with E-state index >= 15 is 0 Å². The van der Waals surface area contributed by atoms with Crippen LogP contribution in [0.15, 0.2) is 0 Å². The molecule has 0 aromatic heterocycles. The number of rotatable bonds is 0. The second-order valence-corrected chi connectivity index (χ2v) is 3.10. The van der Waals surface area contributed by atoms with Crippen molar-refractivity contribution in [1.82, 2.24) is 4.90 Å². The number of ether oxygens (including phenoxy) is 2. The largest absolute Gasteiger partial charge is 0.346 e. The first kappa shape index (κ1) is 9.96. The Morgan fingerprint density at radius 3 is 2.17 bits per heavy atom. The highest BCUT2D eigenvalue weighted by Crippen LogP contribution is 2.29. The van der Waals surface area contributed by atoms with E-state index in [0.717, 1.165) is 32.7 Å². The quantitative estimate of drug-likeness (QED) is 0.547. The van der Waals surface area contributed by atoms with Crippen LogP contribution < -0.4 is 0 Å². The molecule has 12 heavy (non-hydrogen) atoms. The van der Waals surface area contributed by atoms with E-state index in [4.69, 9.17) is 9.47 Å². The molecule has 2 saturated heterocycles. The molecule has 2 heterocycles. The van der Waals surface area contributed by atoms with Crippen LogP contribution in [0.5, 0.6) is 0 Å². The summed E-state index contributed by atoms with van der Waals surface area (Å²) in [5, 5.41) is 0. The fourth-order valence-corrected chi connectivity index (χ4v) is 1.66. The fourth-order valence-electron chi connectivity index (χ4n) is 1.66. The van der Waals surface area contributed by atoms with E-state index in [0.29, 0.717) is 0 Å². The Balaban J connectivity index is 0.000000336. The summed E-state index contributed by atoms with van der Waals surface area (Å²) in [6, 6.07) is 0. The maximum absolute atomic E-state index is 5.51. The number of likely N-dealkylation sites (N-methyl/N-ethyl adjacent to an activating group) is 1. The number of likely N-dealkylation sites (tertiary alicyclic amines) is 1. The maximum atomic E-state index is 5.51. The van der Waals surface area contributed by atoms with Crippen LogP contribution in [-0.2, 0) is 9.47 Å². The van der Waals surface area contributed by atoms with Crippen LogP contribution in [0, 0.1) is 0 Å². The van der Waals surface area contributed by atoms with Gasteiger partial charge in [0.1, 0.15) is 0 Å². The zero-order chi connectivity index (χ0) is 9.03. The van der Waals surface area contributed by atoms with Crippen molar-refractivity contribution in [3.05, 3.63) is 0 Å². The fraction of sp³-hybridized carbons (Fsp3) is 1.00. The minimum Gasteiger partial charge on any atom is -0.346 e. The molecule has 1 spiro atoms. The van der Waals surface area contributed by atoms with E-state index in [9.17, 15) is 0 Å². The summed E-state index contributed by atoms with van der Waals surface area (Å²) in [5.74, 6) is -0.214. The molecule has 3 heteroatoms. The lowest BCUT2D eigenvalue weighted by Crippen LogP contribution is -2.32. The first-order valence-corrected chi connectivity index (χ1v) is 4.77. The molecule has 0 unspecified atom stereocenters. The summed E-state index contributed by atoms with van der Waals surface area (Å²) >= 11 is 0. The second-order valence-electron chi connectivity index (χ2n) is 3.10. The van der Waals surface area contributed by atoms with E-state index in [1.54, 1.807) is 0 Å². The third-order valence-electron chi connectivity index (χ3n) is 2.20. The van der Waals surface area contributed by atoms with Gasteiger partial charge in [-0.25, -0.2) is 0 Å². The predicted molar refractivity (Wildman–Crippen MR) is 48.1 cm³/mol. The topological polar surface area (TPSA) is 21.7 Å². The van der Waals surface area contributed by atoms with Gasteiger partial charge in [-0.15, -0.1) is 0 Å². The summed E-state index contributed by atoms with van der Waals surface area (Å²) < 4.78 is 11.0. The van der Waals surface area contributed by atoms with Gasteiger partial charge in [0.05, 0.1) is 19.8 Å². The van der Waals surface area contributed by atoms with Crippen molar-refractivity contribution in [2.75, 3.05) is 33.4 Å². The van der Waals surface area contributed by atoms with Crippen molar-refractivity contribution < 1.29 is 9.47 Å². The summed E-state index contributed by atoms with van der Waals surface area (Å²) in [4.78, 5) is 2.24. The summed E-state index contributed by atoms with van der Waals surface area (Å²) in [6.07, 6.45) is 1.03. The minimum absolute atomic E-state index is 0.214. The van der Waals surface area contributed by atoms with Gasteiger partial charge >= 0.3 is 0 Å². The van der Waals surface area contributed by atoms with Gasteiger partial charge < -0.3 is 14.4 Å². The highest BCUT2D eigenvalue weighted by molar-refractivity contribution is 4.84. The second kappa shape index (κ2) is 4.21. The van der Waals surface area contributed by atoms with E-state index in [1.807, 2.05) is 13.8 Å². The molecule has 2 aliphatic heterocycles. The van der Waals surface area contributed by atoms with Gasteiger partial charge in [-0.2, -0.15) is 0 Å². The predicted octanol–water partition coefficient (Wildman–Crippen LogP) is 1.09. The van der Waals surface area contributed by atoms with E-state index < -0.39 is 0 Å². The summed E-state index contributed by atoms with van der Waals surface area (Å²) in [5.41, 5.74) is 0. The Hall–Kier alpha value is -0.120. The van der Waals surface area contributed by atoms with Crippen LogP contribution in [0.3, 0.4) is 0 Å². The Bertz CT molecular complexity index is 132. The molecular weight excluding hydrogens is 154 g/mol. The molecule has 0 aromatic carbocycles. The third-order valence-corrected chi connectivity index (χ3v) is 2.20. The number of hydrogen-bond donors (Lipinski definition) is 0. The normalized spacial score (nSPS) is 27.2. The van der Waals surface area contributed by atoms with Gasteiger partial charge in [-0.3, -0.25) is 0 Å². The molecule has 2 aliphatic rings. The maximum Gasteiger partial charge on any atom is 0.182 e. The van der Waals surface area contributed by atoms with Crippen molar-refractivity contribution in [2.45, 2.75) is 26.1 Å². The van der Waals surface area contributed by atoms with Crippen molar-refractivity contribution in [2.24, 2.45) is 0 Å². The molecule has 0 atom stereocenters. The highest BCUT2D eigenvalue weighted by Gasteiger charge is 2.41. The molecule has 0 aromatic rings. The van der Waals surface area contributed by atoms with Gasteiger partial charge in [0.25, 0.3) is 0 Å². The Kier molecular flexibility index (Phi) is 3.50. The zero-order valence-corrected chi connectivity index (χ0v) is 8.30. The van der Waals surface area contributed by atoms with Gasteiger partial charge in [-0.05, 0) is 7.05 Å². The molecular formula is C9H19NO2. The summed E-state index contributed by atoms with van der Waals surface area (Å²) in [7, 11) is 2.10. The monoisotopic (exact) mass is 173 g/mol. The molecule has 72 valence electrons. The Labute approximate surface area is 74.6 Å². The van der Waals surface area contributed by atoms with Crippen molar-refractivity contribution in [1.29, 1.82) is 0 Å². The van der Waals surface area contributed by atoms with E-state index in [2.05, 4.69) is 11.9 Å². The number of nitrogens with zero attached hydrogens (tertiary/aromatic N) is 1. The summed E-state index contributed by atoms with van der Waals surface area (Å²) in [6.45, 7) is 7.58. The van der Waals surface area contributed by atoms with Gasteiger partial charge in [0.2, 0.25) is 0 Å². The van der Waals surface area contributed by atoms with Crippen molar-refractivity contribution >= 4 is 0 Å². The SMILES string of the molecule is CC.CN1CCC2(C1)OCCO2. The average Bonchev–Trinajstić information content (AvgIpc) is 2.68. The molecule has 3 nitrogen and oxygen atoms in total. The molecule has 0 radical (unpaired) electrons. The lowest BCUT2D eigenvalue weighted by Gasteiger charge is -2.20. The smallest absolute Gasteiger partial charge is 0.182 e. The molecule has 0 amide bonds. The third kappa shape index (κ3) is 1.97. The molecule has 0 saturated carbocycles. The highest BCUT2D eigenvalue weighted by atomic mass is 16.7. The zero-order valence-electron chi connectivity index (χ0n) is 8.30. The Morgan fingerprint density at radius 2 is 1.75 bits per heavy atom. The van der Waals surface area contributed by atoms with Crippen LogP contribution in [0.1, 0.15) is 20.3 Å². The van der Waals surface area contributed by atoms with Crippen molar-refractivity contribution in [3.63, 3.8) is 0 Å². The molecule has 2 fully saturated rings. The first-order chi connectivity index (χ1) is 5.81. The van der Waals surface area contributed by atoms with Crippen LogP contribution in [0.2, 0.25) is 0 Å². The van der Waals surface area contributed by atoms with Crippen LogP contribution >= 0.6 is 0 Å². The molecule has 0 bridgehead atoms. The van der Waals surface area contributed by atoms with Crippen LogP contribution in [-0.4, -0.2) is 44.0 Å². The van der Waals surface area contributed by atoms with Crippen LogP contribution in [0.25, 0.3) is 0 Å². The Morgan fingerprint density at radius 1 is 1.17 bits per heavy atom. The van der Waals surface area contributed by atoms with E-state index in [1.165, 1.54) is 0 Å². The molecule has 2 rings (SSSR count). The minimum atomic E-state index is -0.214. The average molecular weight is 173 g/mol. The van der Waals surface area contributed by atoms with Gasteiger partial charge in [0.15, 0.2) is 5.79 Å². The standard InChI is InChI=1S/C7H13NO2.C2H6/c1-8-3-2-7(6-8)9-4-5-10-7;1-2/h2-6H2,1H3;1-2H3. The molecule has 0 aliphatic carbocycles. The van der Waals surface area contributed by atoms with Crippen LogP contribution in [0.4, 0.5) is 0 Å².